The first-order valence-corrected chi connectivity index (χ1v) is 3.86. The summed E-state index contributed by atoms with van der Waals surface area (Å²) in [5, 5.41) is 0. The normalized spacial score (nSPS) is 9.46. The van der Waals surface area contributed by atoms with Crippen LogP contribution in [0.4, 0.5) is 5.82 Å². The van der Waals surface area contributed by atoms with Crippen LogP contribution in [-0.2, 0) is 0 Å². The average molecular weight is 180 g/mol. The number of methoxy groups -OCH3 is 1. The molecule has 1 heterocycles. The Morgan fingerprint density at radius 2 is 2.15 bits per heavy atom. The van der Waals surface area contributed by atoms with Gasteiger partial charge in [-0.15, -0.1) is 0 Å². The fraction of sp³-hybridized carbons (Fsp3) is 0.333. The largest absolute Gasteiger partial charge is 0.480 e. The van der Waals surface area contributed by atoms with Crippen LogP contribution in [0.2, 0.25) is 0 Å². The molecule has 0 atom stereocenters. The van der Waals surface area contributed by atoms with Gasteiger partial charge in [0, 0.05) is 14.1 Å². The number of rotatable bonds is 3. The van der Waals surface area contributed by atoms with E-state index in [4.69, 9.17) is 4.74 Å². The van der Waals surface area contributed by atoms with E-state index in [1.54, 1.807) is 12.1 Å². The summed E-state index contributed by atoms with van der Waals surface area (Å²) in [6.45, 7) is 0. The molecular weight excluding hydrogens is 168 g/mol. The van der Waals surface area contributed by atoms with Crippen LogP contribution in [0, 0.1) is 0 Å². The third-order valence-electron chi connectivity index (χ3n) is 1.65. The lowest BCUT2D eigenvalue weighted by Crippen LogP contribution is -2.11. The van der Waals surface area contributed by atoms with E-state index in [2.05, 4.69) is 4.98 Å². The van der Waals surface area contributed by atoms with Gasteiger partial charge in [0.15, 0.2) is 6.29 Å². The highest BCUT2D eigenvalue weighted by molar-refractivity contribution is 5.78. The lowest BCUT2D eigenvalue weighted by atomic mass is 10.3. The van der Waals surface area contributed by atoms with E-state index in [0.717, 1.165) is 12.1 Å². The van der Waals surface area contributed by atoms with E-state index in [0.29, 0.717) is 11.4 Å². The number of hydrogen-bond acceptors (Lipinski definition) is 4. The van der Waals surface area contributed by atoms with Gasteiger partial charge in [-0.2, -0.15) is 4.98 Å². The summed E-state index contributed by atoms with van der Waals surface area (Å²) in [6, 6.07) is 3.46. The molecular formula is C9H12N2O2. The fourth-order valence-electron chi connectivity index (χ4n) is 0.944. The van der Waals surface area contributed by atoms with E-state index < -0.39 is 0 Å². The Kier molecular flexibility index (Phi) is 2.84. The lowest BCUT2D eigenvalue weighted by Gasteiger charge is -2.12. The third-order valence-corrected chi connectivity index (χ3v) is 1.65. The molecule has 0 amide bonds. The standard InChI is InChI=1S/C9H12N2O2/c1-11(2)8-5-4-7(6-12)9(10-8)13-3/h4-6H,1-3H3. The van der Waals surface area contributed by atoms with Gasteiger partial charge in [-0.3, -0.25) is 4.79 Å². The molecule has 0 fully saturated rings. The van der Waals surface area contributed by atoms with Gasteiger partial charge in [0.25, 0.3) is 0 Å². The van der Waals surface area contributed by atoms with Crippen LogP contribution < -0.4 is 9.64 Å². The maximum atomic E-state index is 10.5. The number of nitrogens with zero attached hydrogens (tertiary/aromatic N) is 2. The minimum atomic E-state index is 0.362. The maximum Gasteiger partial charge on any atom is 0.225 e. The Labute approximate surface area is 77.1 Å². The molecule has 13 heavy (non-hydrogen) atoms. The van der Waals surface area contributed by atoms with Gasteiger partial charge in [-0.1, -0.05) is 0 Å². The molecule has 4 heteroatoms. The summed E-state index contributed by atoms with van der Waals surface area (Å²) in [5.41, 5.74) is 0.466. The van der Waals surface area contributed by atoms with E-state index >= 15 is 0 Å². The second kappa shape index (κ2) is 3.89. The van der Waals surface area contributed by atoms with E-state index in [1.807, 2.05) is 19.0 Å². The van der Waals surface area contributed by atoms with Crippen LogP contribution in [-0.4, -0.2) is 32.5 Å². The zero-order chi connectivity index (χ0) is 9.84. The molecule has 0 saturated carbocycles. The third kappa shape index (κ3) is 1.96. The van der Waals surface area contributed by atoms with Crippen molar-refractivity contribution in [3.8, 4) is 5.88 Å². The minimum absolute atomic E-state index is 0.362. The number of pyridine rings is 1. The van der Waals surface area contributed by atoms with Crippen molar-refractivity contribution < 1.29 is 9.53 Å². The summed E-state index contributed by atoms with van der Waals surface area (Å²) in [5.74, 6) is 1.13. The molecule has 70 valence electrons. The fourth-order valence-corrected chi connectivity index (χ4v) is 0.944. The monoisotopic (exact) mass is 180 g/mol. The lowest BCUT2D eigenvalue weighted by molar-refractivity contribution is 0.112. The van der Waals surface area contributed by atoms with Crippen molar-refractivity contribution in [3.05, 3.63) is 17.7 Å². The molecule has 0 aliphatic rings. The number of hydrogen-bond donors (Lipinski definition) is 0. The van der Waals surface area contributed by atoms with E-state index in [1.165, 1.54) is 7.11 Å². The molecule has 4 nitrogen and oxygen atoms in total. The van der Waals surface area contributed by atoms with Crippen molar-refractivity contribution in [1.82, 2.24) is 4.98 Å². The summed E-state index contributed by atoms with van der Waals surface area (Å²) >= 11 is 0. The summed E-state index contributed by atoms with van der Waals surface area (Å²) in [4.78, 5) is 16.5. The minimum Gasteiger partial charge on any atom is -0.480 e. The molecule has 0 N–H and O–H groups in total. The van der Waals surface area contributed by atoms with Crippen LogP contribution >= 0.6 is 0 Å². The number of aromatic nitrogens is 1. The molecule has 0 radical (unpaired) electrons. The van der Waals surface area contributed by atoms with Crippen LogP contribution in [0.3, 0.4) is 0 Å². The van der Waals surface area contributed by atoms with Gasteiger partial charge < -0.3 is 9.64 Å². The van der Waals surface area contributed by atoms with Crippen molar-refractivity contribution in [2.24, 2.45) is 0 Å². The smallest absolute Gasteiger partial charge is 0.225 e. The molecule has 0 aliphatic heterocycles. The predicted octanol–water partition coefficient (Wildman–Crippen LogP) is 0.969. The van der Waals surface area contributed by atoms with E-state index in [9.17, 15) is 4.79 Å². The van der Waals surface area contributed by atoms with Gasteiger partial charge in [-0.05, 0) is 12.1 Å². The summed E-state index contributed by atoms with van der Waals surface area (Å²) < 4.78 is 4.96. The topological polar surface area (TPSA) is 42.4 Å². The second-order valence-electron chi connectivity index (χ2n) is 2.78. The second-order valence-corrected chi connectivity index (χ2v) is 2.78. The molecule has 0 bridgehead atoms. The first-order valence-electron chi connectivity index (χ1n) is 3.86. The SMILES string of the molecule is COc1nc(N(C)C)ccc1C=O. The zero-order valence-corrected chi connectivity index (χ0v) is 7.94. The van der Waals surface area contributed by atoms with Gasteiger partial charge in [-0.25, -0.2) is 0 Å². The number of carbonyl (C=O) groups is 1. The highest BCUT2D eigenvalue weighted by Crippen LogP contribution is 2.17. The maximum absolute atomic E-state index is 10.5. The average Bonchev–Trinajstić information content (AvgIpc) is 2.16. The number of ether oxygens (including phenoxy) is 1. The van der Waals surface area contributed by atoms with Gasteiger partial charge in [0.05, 0.1) is 12.7 Å². The molecule has 0 aliphatic carbocycles. The molecule has 1 rings (SSSR count). The zero-order valence-electron chi connectivity index (χ0n) is 7.94. The summed E-state index contributed by atoms with van der Waals surface area (Å²) in [7, 11) is 5.25. The van der Waals surface area contributed by atoms with Crippen molar-refractivity contribution >= 4 is 12.1 Å². The Morgan fingerprint density at radius 1 is 1.46 bits per heavy atom. The van der Waals surface area contributed by atoms with Crippen LogP contribution in [0.25, 0.3) is 0 Å². The molecule has 0 aromatic carbocycles. The molecule has 0 spiro atoms. The first kappa shape index (κ1) is 9.51. The van der Waals surface area contributed by atoms with Crippen molar-refractivity contribution in [3.63, 3.8) is 0 Å². The van der Waals surface area contributed by atoms with E-state index in [-0.39, 0.29) is 0 Å². The highest BCUT2D eigenvalue weighted by Gasteiger charge is 2.05. The van der Waals surface area contributed by atoms with Gasteiger partial charge in [0.1, 0.15) is 5.82 Å². The Hall–Kier alpha value is -1.58. The Bertz CT molecular complexity index is 310. The van der Waals surface area contributed by atoms with Gasteiger partial charge in [0.2, 0.25) is 5.88 Å². The van der Waals surface area contributed by atoms with Crippen molar-refractivity contribution in [2.75, 3.05) is 26.1 Å². The van der Waals surface area contributed by atoms with Crippen LogP contribution in [0.1, 0.15) is 10.4 Å². The molecule has 1 aromatic rings. The summed E-state index contributed by atoms with van der Waals surface area (Å²) in [6.07, 6.45) is 0.727. The quantitative estimate of drug-likeness (QED) is 0.650. The van der Waals surface area contributed by atoms with Crippen molar-refractivity contribution in [2.45, 2.75) is 0 Å². The van der Waals surface area contributed by atoms with Crippen LogP contribution in [0.15, 0.2) is 12.1 Å². The Morgan fingerprint density at radius 3 is 2.62 bits per heavy atom. The Balaban J connectivity index is 3.12. The van der Waals surface area contributed by atoms with Crippen LogP contribution in [0.5, 0.6) is 5.88 Å². The van der Waals surface area contributed by atoms with Gasteiger partial charge >= 0.3 is 0 Å². The predicted molar refractivity (Wildman–Crippen MR) is 50.5 cm³/mol. The molecule has 0 unspecified atom stereocenters. The number of anilines is 1. The van der Waals surface area contributed by atoms with Crippen molar-refractivity contribution in [1.29, 1.82) is 0 Å². The first-order chi connectivity index (χ1) is 6.19. The number of carbonyl (C=O) groups excluding carboxylic acids is 1. The molecule has 0 saturated heterocycles. The highest BCUT2D eigenvalue weighted by atomic mass is 16.5. The molecule has 1 aromatic heterocycles. The number of aldehydes is 1.